The van der Waals surface area contributed by atoms with E-state index < -0.39 is 35.8 Å². The van der Waals surface area contributed by atoms with E-state index in [4.69, 9.17) is 4.74 Å². The molecule has 3 rings (SSSR count). The summed E-state index contributed by atoms with van der Waals surface area (Å²) in [6, 6.07) is 11.5. The molecule has 152 valence electrons. The van der Waals surface area contributed by atoms with Crippen LogP contribution in [-0.4, -0.2) is 38.2 Å². The molecular formula is C20H18F3O4Os-. The molecule has 0 saturated heterocycles. The summed E-state index contributed by atoms with van der Waals surface area (Å²) in [4.78, 5) is 0. The van der Waals surface area contributed by atoms with E-state index >= 15 is 0 Å². The van der Waals surface area contributed by atoms with Crippen LogP contribution in [0.1, 0.15) is 5.56 Å². The first-order valence-corrected chi connectivity index (χ1v) is 9.75. The van der Waals surface area contributed by atoms with Crippen LogP contribution in [0.3, 0.4) is 0 Å². The van der Waals surface area contributed by atoms with Gasteiger partial charge in [-0.1, -0.05) is 0 Å². The van der Waals surface area contributed by atoms with Gasteiger partial charge < -0.3 is 0 Å². The van der Waals surface area contributed by atoms with Crippen LogP contribution in [0.2, 0.25) is 0 Å². The van der Waals surface area contributed by atoms with Crippen LogP contribution < -0.4 is 4.74 Å². The van der Waals surface area contributed by atoms with Gasteiger partial charge in [-0.15, -0.1) is 0 Å². The standard InChI is InChI=1S/C20H18F3O4.Os/c21-20(22,23)17-4-2-1-3-16(17)12-5-7-15(8-6-12)27-11-14-9-13(10-24)18(25)19(14)26;/h1-8,11,13-14,18-19,24-26H,10H2;/q-1;. The molecule has 4 nitrogen and oxygen atoms in total. The summed E-state index contributed by atoms with van der Waals surface area (Å²) in [6.45, 7) is 1.11. The minimum atomic E-state index is -4.45. The Balaban J connectivity index is 1.72. The number of halogens is 3. The van der Waals surface area contributed by atoms with Crippen molar-refractivity contribution < 1.29 is 51.4 Å². The number of hydrogen-bond acceptors (Lipinski definition) is 4. The van der Waals surface area contributed by atoms with Gasteiger partial charge in [0.05, 0.1) is 0 Å². The van der Waals surface area contributed by atoms with E-state index in [1.165, 1.54) is 61.2 Å². The third kappa shape index (κ3) is 4.21. The van der Waals surface area contributed by atoms with E-state index in [2.05, 4.69) is 0 Å². The van der Waals surface area contributed by atoms with Gasteiger partial charge in [-0.3, -0.25) is 0 Å². The fourth-order valence-corrected chi connectivity index (χ4v) is 4.47. The van der Waals surface area contributed by atoms with Gasteiger partial charge in [-0.05, 0) is 0 Å². The number of aliphatic hydroxyl groups excluding tert-OH is 3. The Morgan fingerprint density at radius 3 is 2.21 bits per heavy atom. The summed E-state index contributed by atoms with van der Waals surface area (Å²) in [6.07, 6.45) is -6.60. The number of ether oxygens (including phenoxy) is 1. The predicted molar refractivity (Wildman–Crippen MR) is 92.9 cm³/mol. The Bertz CT molecular complexity index is 838. The van der Waals surface area contributed by atoms with Crippen molar-refractivity contribution in [2.45, 2.75) is 18.4 Å². The van der Waals surface area contributed by atoms with Gasteiger partial charge in [-0.25, -0.2) is 0 Å². The maximum absolute atomic E-state index is 13.2. The molecule has 0 radical (unpaired) electrons. The Hall–Kier alpha value is -1.58. The molecule has 3 N–H and O–H groups in total. The Kier molecular flexibility index (Phi) is 6.36. The van der Waals surface area contributed by atoms with Crippen molar-refractivity contribution in [3.8, 4) is 16.9 Å². The number of alkyl halides is 3. The third-order valence-electron chi connectivity index (χ3n) is 4.73. The second-order valence-corrected chi connectivity index (χ2v) is 7.96. The normalized spacial score (nSPS) is 25.2. The molecule has 0 aromatic heterocycles. The molecule has 1 saturated carbocycles. The molecule has 1 aliphatic carbocycles. The van der Waals surface area contributed by atoms with Gasteiger partial charge >= 0.3 is 170 Å². The molecule has 2 aromatic carbocycles. The molecule has 1 fully saturated rings. The number of benzene rings is 2. The van der Waals surface area contributed by atoms with E-state index in [9.17, 15) is 28.5 Å². The molecule has 0 heterocycles. The summed E-state index contributed by atoms with van der Waals surface area (Å²) < 4.78 is 45.8. The molecular weight excluding hydrogens is 551 g/mol. The Morgan fingerprint density at radius 1 is 1.00 bits per heavy atom. The zero-order chi connectivity index (χ0) is 20.5. The number of hydrogen-bond donors (Lipinski definition) is 3. The van der Waals surface area contributed by atoms with E-state index in [-0.39, 0.29) is 12.2 Å². The van der Waals surface area contributed by atoms with Crippen LogP contribution in [-0.2, 0) is 24.3 Å². The van der Waals surface area contributed by atoms with Crippen LogP contribution in [0.5, 0.6) is 5.75 Å². The van der Waals surface area contributed by atoms with Crippen molar-refractivity contribution in [1.29, 1.82) is 0 Å². The molecule has 0 spiro atoms. The second-order valence-electron chi connectivity index (χ2n) is 6.49. The van der Waals surface area contributed by atoms with Crippen molar-refractivity contribution in [3.05, 3.63) is 60.7 Å². The SMILES string of the molecule is OCC1[C](=[Os])C([CH-]Oc2ccc(-c3ccccc3C(F)(F)F)cc2)C(O)C1O. The average molecular weight is 570 g/mol. The molecule has 8 heteroatoms. The first-order chi connectivity index (χ1) is 13.2. The van der Waals surface area contributed by atoms with Crippen molar-refractivity contribution >= 4 is 4.07 Å². The van der Waals surface area contributed by atoms with Crippen LogP contribution in [0.4, 0.5) is 13.2 Å². The number of rotatable bonds is 5. The molecule has 28 heavy (non-hydrogen) atoms. The van der Waals surface area contributed by atoms with Crippen LogP contribution in [0, 0.1) is 18.4 Å². The third-order valence-corrected chi connectivity index (χ3v) is 6.52. The topological polar surface area (TPSA) is 69.9 Å². The molecule has 0 aliphatic heterocycles. The van der Waals surface area contributed by atoms with Crippen LogP contribution in [0.25, 0.3) is 11.1 Å². The summed E-state index contributed by atoms with van der Waals surface area (Å²) in [5.74, 6) is -0.672. The molecule has 0 bridgehead atoms. The first-order valence-electron chi connectivity index (χ1n) is 8.48. The van der Waals surface area contributed by atoms with Gasteiger partial charge in [-0.2, -0.15) is 0 Å². The molecule has 4 unspecified atom stereocenters. The zero-order valence-electron chi connectivity index (χ0n) is 14.4. The number of aliphatic hydroxyl groups is 3. The predicted octanol–water partition coefficient (Wildman–Crippen LogP) is 2.59. The van der Waals surface area contributed by atoms with Crippen LogP contribution >= 0.6 is 0 Å². The van der Waals surface area contributed by atoms with Gasteiger partial charge in [0.2, 0.25) is 0 Å². The van der Waals surface area contributed by atoms with Crippen molar-refractivity contribution in [2.75, 3.05) is 6.61 Å². The zero-order valence-corrected chi connectivity index (χ0v) is 17.0. The summed E-state index contributed by atoms with van der Waals surface area (Å²) in [5, 5.41) is 29.4. The maximum atomic E-state index is 13.2. The monoisotopic (exact) mass is 571 g/mol. The Labute approximate surface area is 170 Å². The average Bonchev–Trinajstić information content (AvgIpc) is 2.88. The summed E-state index contributed by atoms with van der Waals surface area (Å²) in [7, 11) is 0. The molecule has 4 atom stereocenters. The van der Waals surface area contributed by atoms with Crippen molar-refractivity contribution in [1.82, 2.24) is 0 Å². The molecule has 2 aromatic rings. The van der Waals surface area contributed by atoms with E-state index in [1.54, 1.807) is 6.07 Å². The van der Waals surface area contributed by atoms with Gasteiger partial charge in [0.15, 0.2) is 0 Å². The molecule has 1 aliphatic rings. The fourth-order valence-electron chi connectivity index (χ4n) is 3.20. The molecule has 0 amide bonds. The Morgan fingerprint density at radius 2 is 1.64 bits per heavy atom. The van der Waals surface area contributed by atoms with Gasteiger partial charge in [0.25, 0.3) is 0 Å². The second kappa shape index (κ2) is 8.42. The van der Waals surface area contributed by atoms with E-state index in [0.29, 0.717) is 11.3 Å². The first kappa shape index (κ1) is 21.1. The van der Waals surface area contributed by atoms with Crippen molar-refractivity contribution in [3.63, 3.8) is 0 Å². The van der Waals surface area contributed by atoms with E-state index in [0.717, 1.165) is 10.1 Å². The van der Waals surface area contributed by atoms with Crippen molar-refractivity contribution in [2.24, 2.45) is 11.8 Å². The summed E-state index contributed by atoms with van der Waals surface area (Å²) >= 11 is 1.49. The minimum absolute atomic E-state index is 0.0797. The summed E-state index contributed by atoms with van der Waals surface area (Å²) in [5.41, 5.74) is -0.225. The quantitative estimate of drug-likeness (QED) is 0.485. The van der Waals surface area contributed by atoms with Gasteiger partial charge in [0, 0.05) is 0 Å². The van der Waals surface area contributed by atoms with E-state index in [1.807, 2.05) is 0 Å². The van der Waals surface area contributed by atoms with Crippen LogP contribution in [0.15, 0.2) is 48.5 Å². The fraction of sp³-hybridized carbons (Fsp3) is 0.300. The van der Waals surface area contributed by atoms with Gasteiger partial charge in [0.1, 0.15) is 0 Å².